The lowest BCUT2D eigenvalue weighted by molar-refractivity contribution is 0.0940. The van der Waals surface area contributed by atoms with Crippen LogP contribution in [0.4, 0.5) is 0 Å². The van der Waals surface area contributed by atoms with E-state index in [0.717, 1.165) is 10.0 Å². The normalized spacial score (nSPS) is 12.7. The number of hydrogen-bond acceptors (Lipinski definition) is 4. The van der Waals surface area contributed by atoms with Crippen LogP contribution in [0.15, 0.2) is 45.8 Å². The van der Waals surface area contributed by atoms with Crippen LogP contribution in [0.5, 0.6) is 5.75 Å². The molecule has 0 saturated heterocycles. The van der Waals surface area contributed by atoms with Crippen molar-refractivity contribution in [2.45, 2.75) is 37.8 Å². The molecule has 1 unspecified atom stereocenters. The number of halogens is 2. The first kappa shape index (κ1) is 22.7. The molecule has 152 valence electrons. The standard InChI is InChI=1S/C19H22BrClN2O4S/c1-11(2)23-28(25,26)14-6-7-17(21)15(10-14)19(24)22-12(3)13-5-8-18(27-4)16(20)9-13/h5-12,23H,1-4H3,(H,22,24). The summed E-state index contributed by atoms with van der Waals surface area (Å²) in [7, 11) is -2.16. The molecular formula is C19H22BrClN2O4S. The van der Waals surface area contributed by atoms with Crippen LogP contribution in [0.2, 0.25) is 5.02 Å². The number of nitrogens with one attached hydrogen (secondary N) is 2. The van der Waals surface area contributed by atoms with Gasteiger partial charge in [0.2, 0.25) is 10.0 Å². The molecule has 1 amide bonds. The second-order valence-electron chi connectivity index (χ2n) is 6.51. The summed E-state index contributed by atoms with van der Waals surface area (Å²) in [4.78, 5) is 12.7. The van der Waals surface area contributed by atoms with E-state index in [9.17, 15) is 13.2 Å². The SMILES string of the molecule is COc1ccc(C(C)NC(=O)c2cc(S(=O)(=O)NC(C)C)ccc2Cl)cc1Br. The van der Waals surface area contributed by atoms with Gasteiger partial charge in [-0.3, -0.25) is 4.79 Å². The van der Waals surface area contributed by atoms with Gasteiger partial charge in [0.05, 0.1) is 33.1 Å². The fraction of sp³-hybridized carbons (Fsp3) is 0.316. The zero-order valence-corrected chi connectivity index (χ0v) is 19.1. The molecule has 0 fully saturated rings. The lowest BCUT2D eigenvalue weighted by Gasteiger charge is -2.17. The van der Waals surface area contributed by atoms with Crippen molar-refractivity contribution in [3.05, 3.63) is 57.0 Å². The van der Waals surface area contributed by atoms with Gasteiger partial charge < -0.3 is 10.1 Å². The third-order valence-corrected chi connectivity index (χ3v) is 6.51. The molecule has 0 aliphatic carbocycles. The van der Waals surface area contributed by atoms with Gasteiger partial charge in [-0.15, -0.1) is 0 Å². The summed E-state index contributed by atoms with van der Waals surface area (Å²) in [6.45, 7) is 5.26. The Morgan fingerprint density at radius 1 is 1.14 bits per heavy atom. The first-order chi connectivity index (χ1) is 13.0. The van der Waals surface area contributed by atoms with E-state index in [-0.39, 0.29) is 27.6 Å². The highest BCUT2D eigenvalue weighted by Gasteiger charge is 2.21. The van der Waals surface area contributed by atoms with E-state index in [1.807, 2.05) is 19.1 Å². The van der Waals surface area contributed by atoms with Gasteiger partial charge in [-0.05, 0) is 72.6 Å². The van der Waals surface area contributed by atoms with Crippen LogP contribution in [0, 0.1) is 0 Å². The average molecular weight is 490 g/mol. The topological polar surface area (TPSA) is 84.5 Å². The molecule has 0 radical (unpaired) electrons. The third kappa shape index (κ3) is 5.47. The lowest BCUT2D eigenvalue weighted by atomic mass is 10.1. The zero-order chi connectivity index (χ0) is 21.1. The maximum atomic E-state index is 12.7. The van der Waals surface area contributed by atoms with Crippen molar-refractivity contribution < 1.29 is 17.9 Å². The molecule has 2 aromatic carbocycles. The number of carbonyl (C=O) groups excluding carboxylic acids is 1. The molecule has 28 heavy (non-hydrogen) atoms. The van der Waals surface area contributed by atoms with Crippen LogP contribution in [-0.4, -0.2) is 27.5 Å². The van der Waals surface area contributed by atoms with Gasteiger partial charge in [0.15, 0.2) is 0 Å². The van der Waals surface area contributed by atoms with E-state index in [1.54, 1.807) is 27.0 Å². The van der Waals surface area contributed by atoms with Crippen molar-refractivity contribution in [2.24, 2.45) is 0 Å². The Labute approximate surface area is 178 Å². The van der Waals surface area contributed by atoms with Crippen molar-refractivity contribution in [2.75, 3.05) is 7.11 Å². The minimum atomic E-state index is -3.73. The molecule has 0 aromatic heterocycles. The van der Waals surface area contributed by atoms with Gasteiger partial charge in [-0.2, -0.15) is 0 Å². The van der Waals surface area contributed by atoms with Crippen LogP contribution >= 0.6 is 27.5 Å². The molecule has 2 aromatic rings. The minimum absolute atomic E-state index is 0.0180. The van der Waals surface area contributed by atoms with E-state index in [2.05, 4.69) is 26.0 Å². The number of carbonyl (C=O) groups is 1. The van der Waals surface area contributed by atoms with Crippen LogP contribution in [0.3, 0.4) is 0 Å². The van der Waals surface area contributed by atoms with E-state index in [4.69, 9.17) is 16.3 Å². The van der Waals surface area contributed by atoms with E-state index in [1.165, 1.54) is 18.2 Å². The quantitative estimate of drug-likeness (QED) is 0.608. The van der Waals surface area contributed by atoms with Crippen LogP contribution in [0.25, 0.3) is 0 Å². The predicted octanol–water partition coefficient (Wildman–Crippen LogP) is 4.29. The summed E-state index contributed by atoms with van der Waals surface area (Å²) < 4.78 is 33.2. The van der Waals surface area contributed by atoms with Crippen molar-refractivity contribution in [1.82, 2.24) is 10.0 Å². The number of ether oxygens (including phenoxy) is 1. The smallest absolute Gasteiger partial charge is 0.253 e. The molecule has 2 rings (SSSR count). The van der Waals surface area contributed by atoms with Gasteiger partial charge >= 0.3 is 0 Å². The van der Waals surface area contributed by atoms with Gasteiger partial charge in [-0.25, -0.2) is 13.1 Å². The summed E-state index contributed by atoms with van der Waals surface area (Å²) in [5.41, 5.74) is 0.940. The Morgan fingerprint density at radius 2 is 1.82 bits per heavy atom. The molecular weight excluding hydrogens is 468 g/mol. The zero-order valence-electron chi connectivity index (χ0n) is 15.9. The Hall–Kier alpha value is -1.61. The lowest BCUT2D eigenvalue weighted by Crippen LogP contribution is -2.31. The maximum Gasteiger partial charge on any atom is 0.253 e. The van der Waals surface area contributed by atoms with Gasteiger partial charge in [0.25, 0.3) is 5.91 Å². The monoisotopic (exact) mass is 488 g/mol. The van der Waals surface area contributed by atoms with Crippen molar-refractivity contribution in [3.8, 4) is 5.75 Å². The number of benzene rings is 2. The number of sulfonamides is 1. The average Bonchev–Trinajstić information content (AvgIpc) is 2.60. The first-order valence-electron chi connectivity index (χ1n) is 8.51. The molecule has 0 saturated carbocycles. The van der Waals surface area contributed by atoms with Gasteiger partial charge in [0.1, 0.15) is 5.75 Å². The molecule has 0 spiro atoms. The molecule has 0 heterocycles. The molecule has 0 bridgehead atoms. The second-order valence-corrected chi connectivity index (χ2v) is 9.48. The van der Waals surface area contributed by atoms with Crippen molar-refractivity contribution in [1.29, 1.82) is 0 Å². The Bertz CT molecular complexity index is 980. The molecule has 2 N–H and O–H groups in total. The predicted molar refractivity (Wildman–Crippen MR) is 113 cm³/mol. The Balaban J connectivity index is 2.26. The maximum absolute atomic E-state index is 12.7. The molecule has 9 heteroatoms. The second kappa shape index (κ2) is 9.26. The number of amides is 1. The molecule has 0 aliphatic heterocycles. The summed E-state index contributed by atoms with van der Waals surface area (Å²) >= 11 is 9.56. The van der Waals surface area contributed by atoms with Gasteiger partial charge in [0, 0.05) is 6.04 Å². The molecule has 0 aliphatic rings. The summed E-state index contributed by atoms with van der Waals surface area (Å²) in [5.74, 6) is 0.215. The number of methoxy groups -OCH3 is 1. The van der Waals surface area contributed by atoms with Crippen molar-refractivity contribution in [3.63, 3.8) is 0 Å². The molecule has 1 atom stereocenters. The highest BCUT2D eigenvalue weighted by atomic mass is 79.9. The van der Waals surface area contributed by atoms with E-state index in [0.29, 0.717) is 5.75 Å². The van der Waals surface area contributed by atoms with Crippen LogP contribution in [-0.2, 0) is 10.0 Å². The highest BCUT2D eigenvalue weighted by molar-refractivity contribution is 9.10. The Kier molecular flexibility index (Phi) is 7.50. The van der Waals surface area contributed by atoms with Crippen molar-refractivity contribution >= 4 is 43.5 Å². The Morgan fingerprint density at radius 3 is 2.39 bits per heavy atom. The van der Waals surface area contributed by atoms with Crippen LogP contribution < -0.4 is 14.8 Å². The fourth-order valence-electron chi connectivity index (χ4n) is 2.53. The number of hydrogen-bond donors (Lipinski definition) is 2. The number of rotatable bonds is 7. The minimum Gasteiger partial charge on any atom is -0.496 e. The summed E-state index contributed by atoms with van der Waals surface area (Å²) in [5, 5.41) is 3.01. The summed E-state index contributed by atoms with van der Waals surface area (Å²) in [6, 6.07) is 8.92. The fourth-order valence-corrected chi connectivity index (χ4v) is 4.57. The van der Waals surface area contributed by atoms with Gasteiger partial charge in [-0.1, -0.05) is 17.7 Å². The van der Waals surface area contributed by atoms with E-state index >= 15 is 0 Å². The third-order valence-electron chi connectivity index (χ3n) is 3.91. The van der Waals surface area contributed by atoms with Crippen LogP contribution in [0.1, 0.15) is 42.7 Å². The first-order valence-corrected chi connectivity index (χ1v) is 11.2. The molecule has 6 nitrogen and oxygen atoms in total. The summed E-state index contributed by atoms with van der Waals surface area (Å²) in [6.07, 6.45) is 0. The highest BCUT2D eigenvalue weighted by Crippen LogP contribution is 2.28. The largest absolute Gasteiger partial charge is 0.496 e. The van der Waals surface area contributed by atoms with E-state index < -0.39 is 15.9 Å².